The average molecular weight is 438 g/mol. The summed E-state index contributed by atoms with van der Waals surface area (Å²) in [6, 6.07) is 10.9. The Kier molecular flexibility index (Phi) is 6.54. The fourth-order valence-corrected chi connectivity index (χ4v) is 5.02. The minimum atomic E-state index is -3.67. The Balaban J connectivity index is 2.17. The van der Waals surface area contributed by atoms with E-state index in [1.54, 1.807) is 43.2 Å². The first-order chi connectivity index (χ1) is 13.9. The Labute approximate surface area is 175 Å². The molecule has 3 rings (SSSR count). The number of rotatable bonds is 9. The molecule has 0 saturated heterocycles. The van der Waals surface area contributed by atoms with Gasteiger partial charge in [0.25, 0.3) is 0 Å². The summed E-state index contributed by atoms with van der Waals surface area (Å²) >= 11 is 5.78. The molecule has 0 aliphatic heterocycles. The van der Waals surface area contributed by atoms with E-state index in [4.69, 9.17) is 21.1 Å². The molecule has 1 aromatic heterocycles. The molecular weight excluding hydrogens is 414 g/mol. The Hall–Kier alpha value is -2.45. The Morgan fingerprint density at radius 2 is 1.83 bits per heavy atom. The predicted molar refractivity (Wildman–Crippen MR) is 116 cm³/mol. The van der Waals surface area contributed by atoms with Crippen LogP contribution in [-0.4, -0.2) is 44.1 Å². The van der Waals surface area contributed by atoms with Gasteiger partial charge in [0.1, 0.15) is 17.2 Å². The zero-order valence-electron chi connectivity index (χ0n) is 16.6. The summed E-state index contributed by atoms with van der Waals surface area (Å²) in [6.07, 6.45) is 2.06. The van der Waals surface area contributed by atoms with E-state index in [0.29, 0.717) is 29.1 Å². The van der Waals surface area contributed by atoms with E-state index in [1.165, 1.54) is 11.4 Å². The average Bonchev–Trinajstić information content (AvgIpc) is 3.11. The van der Waals surface area contributed by atoms with Crippen molar-refractivity contribution in [3.05, 3.63) is 48.2 Å². The van der Waals surface area contributed by atoms with Gasteiger partial charge in [-0.15, -0.1) is 11.6 Å². The second-order valence-electron chi connectivity index (χ2n) is 6.54. The van der Waals surface area contributed by atoms with E-state index >= 15 is 0 Å². The molecule has 29 heavy (non-hydrogen) atoms. The van der Waals surface area contributed by atoms with E-state index < -0.39 is 10.0 Å². The first kappa shape index (κ1) is 21.3. The molecule has 0 radical (unpaired) electrons. The van der Waals surface area contributed by atoms with Crippen LogP contribution in [0.15, 0.2) is 42.6 Å². The number of sulfonamides is 1. The van der Waals surface area contributed by atoms with Crippen LogP contribution in [0.1, 0.15) is 12.0 Å². The maximum absolute atomic E-state index is 13.3. The fraction of sp³-hybridized carbons (Fsp3) is 0.350. The van der Waals surface area contributed by atoms with Crippen LogP contribution in [0.3, 0.4) is 0 Å². The van der Waals surface area contributed by atoms with Crippen molar-refractivity contribution in [2.45, 2.75) is 13.0 Å². The van der Waals surface area contributed by atoms with Gasteiger partial charge in [-0.3, -0.25) is 8.99 Å². The van der Waals surface area contributed by atoms with Gasteiger partial charge in [-0.25, -0.2) is 8.42 Å². The molecule has 0 amide bonds. The monoisotopic (exact) mass is 437 g/mol. The number of nitrogens with zero attached hydrogens (tertiary/aromatic N) is 3. The quantitative estimate of drug-likeness (QED) is 0.478. The lowest BCUT2D eigenvalue weighted by Gasteiger charge is -2.27. The Morgan fingerprint density at radius 1 is 1.10 bits per heavy atom. The molecule has 156 valence electrons. The standard InChI is InChI=1S/C20H24ClN3O4S/c1-23-19-16(13-22-23)7-10-18(28-3)20(19)24(29(25,26)12-4-11-21)14-15-5-8-17(27-2)9-6-15/h5-10,13H,4,11-12,14H2,1-3H3. The largest absolute Gasteiger partial charge is 0.497 e. The molecule has 2 aromatic carbocycles. The second-order valence-corrected chi connectivity index (χ2v) is 8.93. The zero-order valence-corrected chi connectivity index (χ0v) is 18.2. The molecule has 0 aliphatic rings. The highest BCUT2D eigenvalue weighted by Gasteiger charge is 2.28. The number of ether oxygens (including phenoxy) is 2. The van der Waals surface area contributed by atoms with Crippen LogP contribution in [0.2, 0.25) is 0 Å². The third-order valence-electron chi connectivity index (χ3n) is 4.67. The summed E-state index contributed by atoms with van der Waals surface area (Å²) in [5, 5.41) is 5.12. The van der Waals surface area contributed by atoms with E-state index in [0.717, 1.165) is 10.9 Å². The van der Waals surface area contributed by atoms with Crippen molar-refractivity contribution >= 4 is 38.2 Å². The number of halogens is 1. The molecule has 0 atom stereocenters. The Bertz CT molecular complexity index is 1080. The molecule has 0 N–H and O–H groups in total. The number of hydrogen-bond donors (Lipinski definition) is 0. The summed E-state index contributed by atoms with van der Waals surface area (Å²) < 4.78 is 40.4. The van der Waals surface area contributed by atoms with Gasteiger partial charge in [0.05, 0.1) is 38.2 Å². The molecule has 7 nitrogen and oxygen atoms in total. The van der Waals surface area contributed by atoms with Gasteiger partial charge in [-0.05, 0) is 36.2 Å². The van der Waals surface area contributed by atoms with E-state index in [-0.39, 0.29) is 18.2 Å². The number of aromatic nitrogens is 2. The number of fused-ring (bicyclic) bond motifs is 1. The molecule has 0 unspecified atom stereocenters. The molecule has 0 aliphatic carbocycles. The minimum Gasteiger partial charge on any atom is -0.497 e. The van der Waals surface area contributed by atoms with Gasteiger partial charge in [0.15, 0.2) is 0 Å². The van der Waals surface area contributed by atoms with Crippen LogP contribution >= 0.6 is 11.6 Å². The third-order valence-corrected chi connectivity index (χ3v) is 6.72. The van der Waals surface area contributed by atoms with Crippen LogP contribution in [0.5, 0.6) is 11.5 Å². The van der Waals surface area contributed by atoms with E-state index in [9.17, 15) is 8.42 Å². The van der Waals surface area contributed by atoms with Gasteiger partial charge in [0.2, 0.25) is 10.0 Å². The lowest BCUT2D eigenvalue weighted by atomic mass is 10.1. The third kappa shape index (κ3) is 4.43. The number of benzene rings is 2. The van der Waals surface area contributed by atoms with Gasteiger partial charge < -0.3 is 9.47 Å². The first-order valence-electron chi connectivity index (χ1n) is 9.09. The number of hydrogen-bond acceptors (Lipinski definition) is 5. The van der Waals surface area contributed by atoms with Crippen LogP contribution in [-0.2, 0) is 23.6 Å². The molecule has 3 aromatic rings. The molecule has 0 saturated carbocycles. The number of anilines is 1. The maximum atomic E-state index is 13.3. The lowest BCUT2D eigenvalue weighted by molar-refractivity contribution is 0.414. The smallest absolute Gasteiger partial charge is 0.235 e. The predicted octanol–water partition coefficient (Wildman–Crippen LogP) is 3.56. The molecule has 0 spiro atoms. The van der Waals surface area contributed by atoms with Crippen molar-refractivity contribution in [1.29, 1.82) is 0 Å². The van der Waals surface area contributed by atoms with Crippen LogP contribution < -0.4 is 13.8 Å². The minimum absolute atomic E-state index is 0.0654. The summed E-state index contributed by atoms with van der Waals surface area (Å²) in [6.45, 7) is 0.148. The summed E-state index contributed by atoms with van der Waals surface area (Å²) in [7, 11) is 1.22. The van der Waals surface area contributed by atoms with Crippen molar-refractivity contribution in [2.24, 2.45) is 7.05 Å². The molecule has 1 heterocycles. The SMILES string of the molecule is COc1ccc(CN(c2c(OC)ccc3cnn(C)c23)S(=O)(=O)CCCCl)cc1. The van der Waals surface area contributed by atoms with E-state index in [1.807, 2.05) is 18.2 Å². The van der Waals surface area contributed by atoms with Crippen molar-refractivity contribution in [3.8, 4) is 11.5 Å². The van der Waals surface area contributed by atoms with Crippen LogP contribution in [0.4, 0.5) is 5.69 Å². The zero-order chi connectivity index (χ0) is 21.0. The van der Waals surface area contributed by atoms with Crippen molar-refractivity contribution in [3.63, 3.8) is 0 Å². The molecular formula is C20H24ClN3O4S. The first-order valence-corrected chi connectivity index (χ1v) is 11.2. The van der Waals surface area contributed by atoms with Gasteiger partial charge in [-0.1, -0.05) is 12.1 Å². The maximum Gasteiger partial charge on any atom is 0.235 e. The van der Waals surface area contributed by atoms with Crippen LogP contribution in [0.25, 0.3) is 10.9 Å². The number of aryl methyl sites for hydroxylation is 1. The Morgan fingerprint density at radius 3 is 2.45 bits per heavy atom. The highest BCUT2D eigenvalue weighted by atomic mass is 35.5. The van der Waals surface area contributed by atoms with Crippen molar-refractivity contribution in [2.75, 3.05) is 30.2 Å². The summed E-state index contributed by atoms with van der Waals surface area (Å²) in [5.74, 6) is 1.37. The number of alkyl halides is 1. The van der Waals surface area contributed by atoms with Gasteiger partial charge >= 0.3 is 0 Å². The second kappa shape index (κ2) is 8.92. The topological polar surface area (TPSA) is 73.7 Å². The number of methoxy groups -OCH3 is 2. The summed E-state index contributed by atoms with van der Waals surface area (Å²) in [4.78, 5) is 0. The lowest BCUT2D eigenvalue weighted by Crippen LogP contribution is -2.33. The highest BCUT2D eigenvalue weighted by molar-refractivity contribution is 7.92. The molecule has 0 bridgehead atoms. The highest BCUT2D eigenvalue weighted by Crippen LogP contribution is 2.38. The van der Waals surface area contributed by atoms with Crippen molar-refractivity contribution < 1.29 is 17.9 Å². The molecule has 9 heteroatoms. The van der Waals surface area contributed by atoms with Crippen LogP contribution in [0, 0.1) is 0 Å². The van der Waals surface area contributed by atoms with Gasteiger partial charge in [0, 0.05) is 18.3 Å². The molecule has 0 fully saturated rings. The van der Waals surface area contributed by atoms with E-state index in [2.05, 4.69) is 5.10 Å². The normalized spacial score (nSPS) is 11.6. The fourth-order valence-electron chi connectivity index (χ4n) is 3.19. The van der Waals surface area contributed by atoms with Gasteiger partial charge in [-0.2, -0.15) is 5.10 Å². The summed E-state index contributed by atoms with van der Waals surface area (Å²) in [5.41, 5.74) is 1.98. The van der Waals surface area contributed by atoms with Crippen molar-refractivity contribution in [1.82, 2.24) is 9.78 Å².